The molecule has 1 aromatic rings. The lowest BCUT2D eigenvalue weighted by molar-refractivity contribution is 0.174. The summed E-state index contributed by atoms with van der Waals surface area (Å²) in [6.45, 7) is 4.70. The Hall–Kier alpha value is -0.970. The summed E-state index contributed by atoms with van der Waals surface area (Å²) in [5, 5.41) is 0. The SMILES string of the molecule is Cc1ccc(F)cc1C(CN)N1CCC2CCC(C1)N2C. The molecule has 116 valence electrons. The first-order valence-electron chi connectivity index (χ1n) is 8.02. The largest absolute Gasteiger partial charge is 0.329 e. The second-order valence-corrected chi connectivity index (χ2v) is 6.59. The average molecular weight is 291 g/mol. The van der Waals surface area contributed by atoms with Gasteiger partial charge in [0.05, 0.1) is 0 Å². The number of fused-ring (bicyclic) bond motifs is 2. The van der Waals surface area contributed by atoms with Gasteiger partial charge in [-0.2, -0.15) is 0 Å². The average Bonchev–Trinajstić information content (AvgIpc) is 2.70. The Morgan fingerprint density at radius 3 is 2.81 bits per heavy atom. The number of halogens is 1. The van der Waals surface area contributed by atoms with E-state index in [4.69, 9.17) is 5.73 Å². The van der Waals surface area contributed by atoms with E-state index in [1.807, 2.05) is 13.0 Å². The predicted octanol–water partition coefficient (Wildman–Crippen LogP) is 2.30. The van der Waals surface area contributed by atoms with E-state index in [1.54, 1.807) is 6.07 Å². The fourth-order valence-corrected chi connectivity index (χ4v) is 4.06. The molecule has 0 aliphatic carbocycles. The van der Waals surface area contributed by atoms with E-state index < -0.39 is 0 Å². The molecule has 0 amide bonds. The first kappa shape index (κ1) is 14.9. The topological polar surface area (TPSA) is 32.5 Å². The summed E-state index contributed by atoms with van der Waals surface area (Å²) < 4.78 is 13.6. The lowest BCUT2D eigenvalue weighted by Gasteiger charge is -2.33. The van der Waals surface area contributed by atoms with Crippen LogP contribution < -0.4 is 5.73 Å². The van der Waals surface area contributed by atoms with Crippen molar-refractivity contribution in [2.45, 2.75) is 44.3 Å². The third-order valence-electron chi connectivity index (χ3n) is 5.44. The summed E-state index contributed by atoms with van der Waals surface area (Å²) in [5.74, 6) is -0.164. The molecule has 2 aliphatic heterocycles. The van der Waals surface area contributed by atoms with E-state index in [9.17, 15) is 4.39 Å². The van der Waals surface area contributed by atoms with Gasteiger partial charge in [-0.1, -0.05) is 6.07 Å². The van der Waals surface area contributed by atoms with Crippen molar-refractivity contribution in [3.05, 3.63) is 35.1 Å². The van der Waals surface area contributed by atoms with Crippen LogP contribution in [0.5, 0.6) is 0 Å². The van der Waals surface area contributed by atoms with Crippen LogP contribution in [0.2, 0.25) is 0 Å². The van der Waals surface area contributed by atoms with Crippen molar-refractivity contribution in [1.82, 2.24) is 9.80 Å². The Bertz CT molecular complexity index is 505. The van der Waals surface area contributed by atoms with Crippen LogP contribution in [-0.2, 0) is 0 Å². The molecule has 2 N–H and O–H groups in total. The van der Waals surface area contributed by atoms with Gasteiger partial charge < -0.3 is 5.73 Å². The summed E-state index contributed by atoms with van der Waals surface area (Å²) in [6, 6.07) is 6.54. The number of hydrogen-bond donors (Lipinski definition) is 1. The van der Waals surface area contributed by atoms with Crippen LogP contribution in [0.15, 0.2) is 18.2 Å². The van der Waals surface area contributed by atoms with Gasteiger partial charge in [0.25, 0.3) is 0 Å². The molecule has 0 radical (unpaired) electrons. The molecule has 3 rings (SSSR count). The zero-order valence-electron chi connectivity index (χ0n) is 13.1. The first-order valence-corrected chi connectivity index (χ1v) is 8.02. The van der Waals surface area contributed by atoms with Gasteiger partial charge in [-0.05, 0) is 56.5 Å². The van der Waals surface area contributed by atoms with Crippen LogP contribution in [-0.4, -0.2) is 48.6 Å². The summed E-state index contributed by atoms with van der Waals surface area (Å²) >= 11 is 0. The maximum atomic E-state index is 13.6. The molecule has 0 saturated carbocycles. The number of aryl methyl sites for hydroxylation is 1. The molecular formula is C17H26FN3. The Morgan fingerprint density at radius 2 is 2.05 bits per heavy atom. The molecule has 2 saturated heterocycles. The second-order valence-electron chi connectivity index (χ2n) is 6.59. The molecule has 2 heterocycles. The van der Waals surface area contributed by atoms with Crippen molar-refractivity contribution in [2.24, 2.45) is 5.73 Å². The Morgan fingerprint density at radius 1 is 1.29 bits per heavy atom. The quantitative estimate of drug-likeness (QED) is 0.927. The highest BCUT2D eigenvalue weighted by atomic mass is 19.1. The molecule has 3 nitrogen and oxygen atoms in total. The van der Waals surface area contributed by atoms with E-state index in [2.05, 4.69) is 16.8 Å². The van der Waals surface area contributed by atoms with Gasteiger partial charge in [-0.15, -0.1) is 0 Å². The van der Waals surface area contributed by atoms with Crippen LogP contribution >= 0.6 is 0 Å². The van der Waals surface area contributed by atoms with E-state index in [0.717, 1.165) is 24.2 Å². The molecule has 4 heteroatoms. The number of likely N-dealkylation sites (N-methyl/N-ethyl adjacent to an activating group) is 1. The van der Waals surface area contributed by atoms with Gasteiger partial charge in [0.1, 0.15) is 5.82 Å². The maximum absolute atomic E-state index is 13.6. The van der Waals surface area contributed by atoms with Gasteiger partial charge >= 0.3 is 0 Å². The number of rotatable bonds is 3. The highest BCUT2D eigenvalue weighted by molar-refractivity contribution is 5.30. The van der Waals surface area contributed by atoms with Crippen LogP contribution in [0.1, 0.15) is 36.4 Å². The third kappa shape index (κ3) is 2.85. The molecular weight excluding hydrogens is 265 g/mol. The highest BCUT2D eigenvalue weighted by Gasteiger charge is 2.36. The van der Waals surface area contributed by atoms with Crippen LogP contribution in [0, 0.1) is 12.7 Å². The van der Waals surface area contributed by atoms with Gasteiger partial charge in [-0.25, -0.2) is 4.39 Å². The molecule has 2 fully saturated rings. The van der Waals surface area contributed by atoms with Crippen molar-refractivity contribution >= 4 is 0 Å². The molecule has 3 atom stereocenters. The number of benzene rings is 1. The third-order valence-corrected chi connectivity index (χ3v) is 5.44. The lowest BCUT2D eigenvalue weighted by Crippen LogP contribution is -2.41. The monoisotopic (exact) mass is 291 g/mol. The highest BCUT2D eigenvalue weighted by Crippen LogP contribution is 2.33. The zero-order chi connectivity index (χ0) is 15.0. The number of nitrogens with two attached hydrogens (primary N) is 1. The molecule has 0 aromatic heterocycles. The predicted molar refractivity (Wildman–Crippen MR) is 83.7 cm³/mol. The molecule has 2 bridgehead atoms. The molecule has 0 spiro atoms. The van der Waals surface area contributed by atoms with Crippen molar-refractivity contribution < 1.29 is 4.39 Å². The summed E-state index contributed by atoms with van der Waals surface area (Å²) in [6.07, 6.45) is 3.79. The van der Waals surface area contributed by atoms with E-state index >= 15 is 0 Å². The minimum absolute atomic E-state index is 0.133. The smallest absolute Gasteiger partial charge is 0.123 e. The number of hydrogen-bond acceptors (Lipinski definition) is 3. The minimum atomic E-state index is -0.164. The van der Waals surface area contributed by atoms with Gasteiger partial charge in [0.15, 0.2) is 0 Å². The van der Waals surface area contributed by atoms with Crippen molar-refractivity contribution in [2.75, 3.05) is 26.7 Å². The van der Waals surface area contributed by atoms with E-state index in [1.165, 1.54) is 25.3 Å². The van der Waals surface area contributed by atoms with Gasteiger partial charge in [-0.3, -0.25) is 9.80 Å². The summed E-state index contributed by atoms with van der Waals surface area (Å²) in [7, 11) is 2.25. The van der Waals surface area contributed by atoms with Crippen molar-refractivity contribution in [1.29, 1.82) is 0 Å². The first-order chi connectivity index (χ1) is 10.1. The lowest BCUT2D eigenvalue weighted by atomic mass is 9.98. The summed E-state index contributed by atoms with van der Waals surface area (Å²) in [4.78, 5) is 5.01. The fraction of sp³-hybridized carbons (Fsp3) is 0.647. The normalized spacial score (nSPS) is 28.6. The van der Waals surface area contributed by atoms with E-state index in [-0.39, 0.29) is 11.9 Å². The van der Waals surface area contributed by atoms with Crippen molar-refractivity contribution in [3.63, 3.8) is 0 Å². The maximum Gasteiger partial charge on any atom is 0.123 e. The summed E-state index contributed by atoms with van der Waals surface area (Å²) in [5.41, 5.74) is 8.25. The van der Waals surface area contributed by atoms with Gasteiger partial charge in [0, 0.05) is 37.8 Å². The molecule has 1 aromatic carbocycles. The Labute approximate surface area is 126 Å². The van der Waals surface area contributed by atoms with Crippen LogP contribution in [0.25, 0.3) is 0 Å². The molecule has 2 aliphatic rings. The van der Waals surface area contributed by atoms with Crippen LogP contribution in [0.4, 0.5) is 4.39 Å². The number of nitrogens with zero attached hydrogens (tertiary/aromatic N) is 2. The molecule has 3 unspecified atom stereocenters. The van der Waals surface area contributed by atoms with Crippen molar-refractivity contribution in [3.8, 4) is 0 Å². The fourth-order valence-electron chi connectivity index (χ4n) is 4.06. The standard InChI is InChI=1S/C17H26FN3/c1-12-3-4-13(18)9-16(12)17(10-19)21-8-7-14-5-6-15(11-21)20(14)2/h3-4,9,14-15,17H,5-8,10-11,19H2,1-2H3. The van der Waals surface area contributed by atoms with Gasteiger partial charge in [0.2, 0.25) is 0 Å². The Kier molecular flexibility index (Phi) is 4.29. The second kappa shape index (κ2) is 6.03. The zero-order valence-corrected chi connectivity index (χ0v) is 13.1. The van der Waals surface area contributed by atoms with E-state index in [0.29, 0.717) is 18.6 Å². The molecule has 21 heavy (non-hydrogen) atoms. The minimum Gasteiger partial charge on any atom is -0.329 e. The van der Waals surface area contributed by atoms with Crippen LogP contribution in [0.3, 0.4) is 0 Å². The number of likely N-dealkylation sites (tertiary alicyclic amines) is 1. The Balaban J connectivity index is 1.84.